The molecule has 11 heavy (non-hydrogen) atoms. The first-order valence-electron chi connectivity index (χ1n) is 3.42. The van der Waals surface area contributed by atoms with Crippen LogP contribution in [0.4, 0.5) is 0 Å². The molecular formula is C7H10O4. The minimum absolute atomic E-state index is 0.0529. The van der Waals surface area contributed by atoms with Crippen molar-refractivity contribution in [3.63, 3.8) is 0 Å². The summed E-state index contributed by atoms with van der Waals surface area (Å²) in [7, 11) is 1.28. The molecule has 1 saturated carbocycles. The van der Waals surface area contributed by atoms with Gasteiger partial charge < -0.3 is 9.84 Å². The van der Waals surface area contributed by atoms with E-state index in [0.29, 0.717) is 0 Å². The Morgan fingerprint density at radius 1 is 1.82 bits per heavy atom. The van der Waals surface area contributed by atoms with E-state index in [2.05, 4.69) is 4.74 Å². The molecule has 0 aliphatic heterocycles. The van der Waals surface area contributed by atoms with Gasteiger partial charge in [-0.05, 0) is 0 Å². The second-order valence-electron chi connectivity index (χ2n) is 2.59. The van der Waals surface area contributed by atoms with Gasteiger partial charge in [0.2, 0.25) is 0 Å². The lowest BCUT2D eigenvalue weighted by molar-refractivity contribution is -0.159. The number of hydrogen-bond donors (Lipinski definition) is 1. The lowest BCUT2D eigenvalue weighted by Crippen LogP contribution is -2.44. The van der Waals surface area contributed by atoms with Gasteiger partial charge in [-0.15, -0.1) is 0 Å². The van der Waals surface area contributed by atoms with Crippen LogP contribution in [0.25, 0.3) is 0 Å². The SMILES string of the molecule is COC(=O)[C@@H]1CC(=O)[C@@H]1CO. The molecule has 0 aromatic carbocycles. The maximum atomic E-state index is 10.8. The molecule has 4 nitrogen and oxygen atoms in total. The van der Waals surface area contributed by atoms with E-state index in [-0.39, 0.29) is 18.8 Å². The molecule has 1 aliphatic rings. The van der Waals surface area contributed by atoms with Crippen molar-refractivity contribution >= 4 is 11.8 Å². The summed E-state index contributed by atoms with van der Waals surface area (Å²) in [6.45, 7) is -0.251. The molecule has 4 heteroatoms. The molecule has 0 saturated heterocycles. The number of Topliss-reactive ketones (excluding diaryl/α,β-unsaturated/α-hetero) is 1. The molecular weight excluding hydrogens is 148 g/mol. The highest BCUT2D eigenvalue weighted by molar-refractivity contribution is 5.96. The predicted octanol–water partition coefficient (Wildman–Crippen LogP) is -0.643. The van der Waals surface area contributed by atoms with E-state index >= 15 is 0 Å². The molecule has 2 atom stereocenters. The normalized spacial score (nSPS) is 29.5. The molecule has 62 valence electrons. The number of esters is 1. The van der Waals surface area contributed by atoms with Crippen molar-refractivity contribution < 1.29 is 19.4 Å². The minimum atomic E-state index is -0.512. The zero-order valence-electron chi connectivity index (χ0n) is 6.24. The van der Waals surface area contributed by atoms with Crippen molar-refractivity contribution in [1.29, 1.82) is 0 Å². The van der Waals surface area contributed by atoms with Crippen LogP contribution in [0.2, 0.25) is 0 Å². The van der Waals surface area contributed by atoms with Gasteiger partial charge in [-0.1, -0.05) is 0 Å². The summed E-state index contributed by atoms with van der Waals surface area (Å²) in [5.41, 5.74) is 0. The first-order chi connectivity index (χ1) is 5.20. The topological polar surface area (TPSA) is 63.6 Å². The fourth-order valence-electron chi connectivity index (χ4n) is 1.20. The van der Waals surface area contributed by atoms with Gasteiger partial charge in [-0.25, -0.2) is 0 Å². The van der Waals surface area contributed by atoms with Gasteiger partial charge in [-0.2, -0.15) is 0 Å². The number of rotatable bonds is 2. The summed E-state index contributed by atoms with van der Waals surface area (Å²) in [6, 6.07) is 0. The molecule has 0 spiro atoms. The first-order valence-corrected chi connectivity index (χ1v) is 3.42. The van der Waals surface area contributed by atoms with Crippen LogP contribution >= 0.6 is 0 Å². The van der Waals surface area contributed by atoms with Crippen molar-refractivity contribution in [2.24, 2.45) is 11.8 Å². The average molecular weight is 158 g/mol. The number of carbonyl (C=O) groups excluding carboxylic acids is 2. The summed E-state index contributed by atoms with van der Waals surface area (Å²) >= 11 is 0. The number of hydrogen-bond acceptors (Lipinski definition) is 4. The van der Waals surface area contributed by atoms with E-state index in [1.54, 1.807) is 0 Å². The van der Waals surface area contributed by atoms with Gasteiger partial charge in [0, 0.05) is 6.42 Å². The van der Waals surface area contributed by atoms with E-state index in [1.165, 1.54) is 7.11 Å². The van der Waals surface area contributed by atoms with Gasteiger partial charge in [0.25, 0.3) is 0 Å². The Balaban J connectivity index is 2.51. The Morgan fingerprint density at radius 2 is 2.45 bits per heavy atom. The van der Waals surface area contributed by atoms with Crippen LogP contribution in [-0.4, -0.2) is 30.6 Å². The van der Waals surface area contributed by atoms with E-state index in [0.717, 1.165) is 0 Å². The molecule has 1 N–H and O–H groups in total. The van der Waals surface area contributed by atoms with E-state index in [4.69, 9.17) is 5.11 Å². The number of aliphatic hydroxyl groups excluding tert-OH is 1. The smallest absolute Gasteiger partial charge is 0.309 e. The zero-order valence-corrected chi connectivity index (χ0v) is 6.24. The molecule has 0 bridgehead atoms. The maximum Gasteiger partial charge on any atom is 0.309 e. The number of carbonyl (C=O) groups is 2. The number of aliphatic hydroxyl groups is 1. The second kappa shape index (κ2) is 3.00. The highest BCUT2D eigenvalue weighted by Crippen LogP contribution is 2.30. The van der Waals surface area contributed by atoms with E-state index < -0.39 is 17.8 Å². The number of ether oxygens (including phenoxy) is 1. The van der Waals surface area contributed by atoms with E-state index in [1.807, 2.05) is 0 Å². The third kappa shape index (κ3) is 1.26. The molecule has 0 unspecified atom stereocenters. The summed E-state index contributed by atoms with van der Waals surface area (Å²) in [4.78, 5) is 21.5. The first kappa shape index (κ1) is 8.20. The third-order valence-electron chi connectivity index (χ3n) is 2.02. The van der Waals surface area contributed by atoms with Crippen LogP contribution in [-0.2, 0) is 14.3 Å². The van der Waals surface area contributed by atoms with E-state index in [9.17, 15) is 9.59 Å². The summed E-state index contributed by atoms with van der Waals surface area (Å²) in [5.74, 6) is -1.37. The Hall–Kier alpha value is -0.900. The second-order valence-corrected chi connectivity index (χ2v) is 2.59. The molecule has 0 aromatic rings. The standard InChI is InChI=1S/C7H10O4/c1-11-7(10)4-2-6(9)5(4)3-8/h4-5,8H,2-3H2,1H3/t4-,5-/m1/s1. The summed E-state index contributed by atoms with van der Waals surface area (Å²) in [6.07, 6.45) is 0.220. The van der Waals surface area contributed by atoms with Crippen LogP contribution < -0.4 is 0 Å². The average Bonchev–Trinajstić information content (AvgIpc) is 1.99. The Labute approximate surface area is 64.2 Å². The third-order valence-corrected chi connectivity index (χ3v) is 2.02. The predicted molar refractivity (Wildman–Crippen MR) is 35.7 cm³/mol. The molecule has 0 radical (unpaired) electrons. The van der Waals surface area contributed by atoms with Gasteiger partial charge in [0.1, 0.15) is 5.78 Å². The van der Waals surface area contributed by atoms with Crippen LogP contribution in [0.3, 0.4) is 0 Å². The van der Waals surface area contributed by atoms with Crippen LogP contribution in [0.1, 0.15) is 6.42 Å². The maximum absolute atomic E-state index is 10.8. The van der Waals surface area contributed by atoms with Crippen LogP contribution in [0.5, 0.6) is 0 Å². The quantitative estimate of drug-likeness (QED) is 0.543. The van der Waals surface area contributed by atoms with Crippen molar-refractivity contribution in [2.75, 3.05) is 13.7 Å². The highest BCUT2D eigenvalue weighted by atomic mass is 16.5. The molecule has 0 aromatic heterocycles. The molecule has 0 heterocycles. The lowest BCUT2D eigenvalue weighted by Gasteiger charge is -2.30. The lowest BCUT2D eigenvalue weighted by atomic mass is 9.73. The largest absolute Gasteiger partial charge is 0.469 e. The highest BCUT2D eigenvalue weighted by Gasteiger charge is 2.44. The monoisotopic (exact) mass is 158 g/mol. The van der Waals surface area contributed by atoms with Crippen molar-refractivity contribution in [2.45, 2.75) is 6.42 Å². The molecule has 0 amide bonds. The molecule has 1 aliphatic carbocycles. The number of ketones is 1. The fourth-order valence-corrected chi connectivity index (χ4v) is 1.20. The number of methoxy groups -OCH3 is 1. The van der Waals surface area contributed by atoms with Crippen molar-refractivity contribution in [1.82, 2.24) is 0 Å². The fraction of sp³-hybridized carbons (Fsp3) is 0.714. The Morgan fingerprint density at radius 3 is 2.82 bits per heavy atom. The molecule has 1 fully saturated rings. The summed E-state index contributed by atoms with van der Waals surface area (Å²) in [5, 5.41) is 8.64. The van der Waals surface area contributed by atoms with Crippen molar-refractivity contribution in [3.05, 3.63) is 0 Å². The van der Waals surface area contributed by atoms with Gasteiger partial charge in [0.15, 0.2) is 0 Å². The zero-order chi connectivity index (χ0) is 8.43. The summed E-state index contributed by atoms with van der Waals surface area (Å²) < 4.78 is 4.43. The van der Waals surface area contributed by atoms with Gasteiger partial charge >= 0.3 is 5.97 Å². The van der Waals surface area contributed by atoms with Crippen molar-refractivity contribution in [3.8, 4) is 0 Å². The van der Waals surface area contributed by atoms with Gasteiger partial charge in [0.05, 0.1) is 25.6 Å². The molecule has 1 rings (SSSR count). The van der Waals surface area contributed by atoms with Crippen LogP contribution in [0, 0.1) is 11.8 Å². The minimum Gasteiger partial charge on any atom is -0.469 e. The van der Waals surface area contributed by atoms with Gasteiger partial charge in [-0.3, -0.25) is 9.59 Å². The van der Waals surface area contributed by atoms with Crippen LogP contribution in [0.15, 0.2) is 0 Å². The Kier molecular flexibility index (Phi) is 2.24. The Bertz CT molecular complexity index is 187.